The third kappa shape index (κ3) is 7.22. The Hall–Kier alpha value is -4.26. The van der Waals surface area contributed by atoms with E-state index in [1.165, 1.54) is 4.90 Å². The zero-order chi connectivity index (χ0) is 31.1. The lowest BCUT2D eigenvalue weighted by Crippen LogP contribution is -2.55. The Morgan fingerprint density at radius 1 is 1.09 bits per heavy atom. The highest BCUT2D eigenvalue weighted by Gasteiger charge is 2.38. The van der Waals surface area contributed by atoms with Gasteiger partial charge in [0.25, 0.3) is 11.8 Å². The van der Waals surface area contributed by atoms with E-state index in [1.54, 1.807) is 37.5 Å². The van der Waals surface area contributed by atoms with Gasteiger partial charge < -0.3 is 25.2 Å². The van der Waals surface area contributed by atoms with Gasteiger partial charge in [-0.2, -0.15) is 13.2 Å². The number of nitrogens with one attached hydrogen (secondary N) is 2. The van der Waals surface area contributed by atoms with E-state index < -0.39 is 34.9 Å². The molecule has 0 bridgehead atoms. The number of nitrogens with zero attached hydrogens (tertiary/aromatic N) is 4. The van der Waals surface area contributed by atoms with Crippen LogP contribution in [0.5, 0.6) is 5.88 Å². The fraction of sp³-hybridized carbons (Fsp3) is 0.400. The average Bonchev–Trinajstić information content (AvgIpc) is 3.00. The van der Waals surface area contributed by atoms with Gasteiger partial charge in [0.05, 0.1) is 34.7 Å². The predicted molar refractivity (Wildman–Crippen MR) is 154 cm³/mol. The standard InChI is InChI=1S/C30H34F4N6O3/c1-4-20-18-39(29(42)21-9-8-19(31)17-23(21)30(32,33)34)15-16-40(20)25-11-10-24(22-7-6-12-37-28(22)43-5-2)38-26(25)27(41)36-14-13-35-3/h6-12,17,20,35H,4-5,13-16,18H2,1-3H3,(H,36,41)/t20-/m1/s1. The van der Waals surface area contributed by atoms with Crippen molar-refractivity contribution >= 4 is 17.5 Å². The minimum Gasteiger partial charge on any atom is -0.477 e. The summed E-state index contributed by atoms with van der Waals surface area (Å²) in [4.78, 5) is 39.0. The molecule has 0 saturated carbocycles. The van der Waals surface area contributed by atoms with E-state index in [4.69, 9.17) is 9.72 Å². The number of benzene rings is 1. The van der Waals surface area contributed by atoms with Crippen molar-refractivity contribution in [3.8, 4) is 17.1 Å². The van der Waals surface area contributed by atoms with E-state index in [0.717, 1.165) is 12.1 Å². The number of carbonyl (C=O) groups excluding carboxylic acids is 2. The monoisotopic (exact) mass is 602 g/mol. The first kappa shape index (κ1) is 31.7. The number of rotatable bonds is 10. The normalized spacial score (nSPS) is 15.4. The van der Waals surface area contributed by atoms with Crippen molar-refractivity contribution in [2.45, 2.75) is 32.5 Å². The molecule has 1 aromatic carbocycles. The summed E-state index contributed by atoms with van der Waals surface area (Å²) in [7, 11) is 1.77. The van der Waals surface area contributed by atoms with Crippen molar-refractivity contribution in [2.75, 3.05) is 51.3 Å². The smallest absolute Gasteiger partial charge is 0.417 e. The van der Waals surface area contributed by atoms with Crippen LogP contribution in [0.25, 0.3) is 11.3 Å². The molecule has 0 spiro atoms. The molecule has 0 radical (unpaired) electrons. The number of piperazine rings is 1. The first-order chi connectivity index (χ1) is 20.6. The number of likely N-dealkylation sites (N-methyl/N-ethyl adjacent to an activating group) is 1. The zero-order valence-corrected chi connectivity index (χ0v) is 24.2. The Labute approximate surface area is 247 Å². The first-order valence-electron chi connectivity index (χ1n) is 14.0. The van der Waals surface area contributed by atoms with Crippen molar-refractivity contribution in [3.63, 3.8) is 0 Å². The van der Waals surface area contributed by atoms with Crippen LogP contribution in [0.3, 0.4) is 0 Å². The summed E-state index contributed by atoms with van der Waals surface area (Å²) in [6.07, 6.45) is -2.76. The molecule has 2 N–H and O–H groups in total. The van der Waals surface area contributed by atoms with E-state index >= 15 is 0 Å². The van der Waals surface area contributed by atoms with E-state index in [2.05, 4.69) is 15.6 Å². The minimum absolute atomic E-state index is 0.0870. The first-order valence-corrected chi connectivity index (χ1v) is 14.0. The second-order valence-electron chi connectivity index (χ2n) is 9.91. The molecule has 2 amide bonds. The summed E-state index contributed by atoms with van der Waals surface area (Å²) >= 11 is 0. The molecule has 9 nitrogen and oxygen atoms in total. The largest absolute Gasteiger partial charge is 0.477 e. The molecule has 1 aliphatic rings. The number of hydrogen-bond acceptors (Lipinski definition) is 7. The molecule has 1 aliphatic heterocycles. The molecule has 1 saturated heterocycles. The summed E-state index contributed by atoms with van der Waals surface area (Å²) in [5, 5.41) is 5.84. The van der Waals surface area contributed by atoms with Gasteiger partial charge in [-0.15, -0.1) is 0 Å². The number of ether oxygens (including phenoxy) is 1. The topological polar surface area (TPSA) is 99.7 Å². The molecule has 43 heavy (non-hydrogen) atoms. The van der Waals surface area contributed by atoms with Crippen molar-refractivity contribution in [1.82, 2.24) is 25.5 Å². The Balaban J connectivity index is 1.67. The van der Waals surface area contributed by atoms with Gasteiger partial charge >= 0.3 is 6.18 Å². The summed E-state index contributed by atoms with van der Waals surface area (Å²) in [6, 6.07) is 8.81. The fourth-order valence-corrected chi connectivity index (χ4v) is 5.04. The van der Waals surface area contributed by atoms with E-state index in [9.17, 15) is 27.2 Å². The van der Waals surface area contributed by atoms with Crippen molar-refractivity contribution in [3.05, 3.63) is 71.3 Å². The number of anilines is 1. The maximum atomic E-state index is 13.7. The highest BCUT2D eigenvalue weighted by molar-refractivity contribution is 5.99. The second-order valence-corrected chi connectivity index (χ2v) is 9.91. The molecular weight excluding hydrogens is 568 g/mol. The maximum absolute atomic E-state index is 13.7. The van der Waals surface area contributed by atoms with Gasteiger partial charge in [0, 0.05) is 45.0 Å². The van der Waals surface area contributed by atoms with Gasteiger partial charge in [0.1, 0.15) is 5.82 Å². The Bertz CT molecular complexity index is 1450. The van der Waals surface area contributed by atoms with Crippen molar-refractivity contribution < 1.29 is 31.9 Å². The number of aromatic nitrogens is 2. The highest BCUT2D eigenvalue weighted by atomic mass is 19.4. The molecule has 13 heteroatoms. The van der Waals surface area contributed by atoms with Crippen LogP contribution in [0.4, 0.5) is 23.2 Å². The second kappa shape index (κ2) is 13.8. The van der Waals surface area contributed by atoms with Crippen LogP contribution in [0.15, 0.2) is 48.7 Å². The molecule has 0 unspecified atom stereocenters. The van der Waals surface area contributed by atoms with E-state index in [0.29, 0.717) is 55.0 Å². The van der Waals surface area contributed by atoms with Crippen LogP contribution in [0.1, 0.15) is 46.7 Å². The molecular formula is C30H34F4N6O3. The van der Waals surface area contributed by atoms with Crippen molar-refractivity contribution in [1.29, 1.82) is 0 Å². The van der Waals surface area contributed by atoms with E-state index in [1.807, 2.05) is 18.7 Å². The van der Waals surface area contributed by atoms with Gasteiger partial charge in [-0.25, -0.2) is 14.4 Å². The quantitative estimate of drug-likeness (QED) is 0.262. The number of alkyl halides is 3. The van der Waals surface area contributed by atoms with E-state index in [-0.39, 0.29) is 31.4 Å². The number of amides is 2. The lowest BCUT2D eigenvalue weighted by molar-refractivity contribution is -0.138. The van der Waals surface area contributed by atoms with Crippen molar-refractivity contribution in [2.24, 2.45) is 0 Å². The summed E-state index contributed by atoms with van der Waals surface area (Å²) in [5.41, 5.74) is -0.121. The van der Waals surface area contributed by atoms with Gasteiger partial charge in [0.2, 0.25) is 5.88 Å². The molecule has 4 rings (SSSR count). The zero-order valence-electron chi connectivity index (χ0n) is 24.2. The fourth-order valence-electron chi connectivity index (χ4n) is 5.04. The Morgan fingerprint density at radius 2 is 1.88 bits per heavy atom. The number of carbonyl (C=O) groups is 2. The van der Waals surface area contributed by atoms with Crippen LogP contribution >= 0.6 is 0 Å². The number of pyridine rings is 2. The Morgan fingerprint density at radius 3 is 2.58 bits per heavy atom. The lowest BCUT2D eigenvalue weighted by Gasteiger charge is -2.43. The third-order valence-corrected chi connectivity index (χ3v) is 7.15. The maximum Gasteiger partial charge on any atom is 0.417 e. The molecule has 230 valence electrons. The van der Waals surface area contributed by atoms with Gasteiger partial charge in [-0.1, -0.05) is 6.92 Å². The van der Waals surface area contributed by atoms with Crippen LogP contribution in [0, 0.1) is 5.82 Å². The number of halogens is 4. The van der Waals surface area contributed by atoms with Gasteiger partial charge in [-0.3, -0.25) is 9.59 Å². The molecule has 1 atom stereocenters. The molecule has 1 fully saturated rings. The highest BCUT2D eigenvalue weighted by Crippen LogP contribution is 2.35. The molecule has 2 aromatic heterocycles. The summed E-state index contributed by atoms with van der Waals surface area (Å²) in [6.45, 7) is 5.45. The molecule has 0 aliphatic carbocycles. The van der Waals surface area contributed by atoms with Gasteiger partial charge in [0.15, 0.2) is 5.69 Å². The third-order valence-electron chi connectivity index (χ3n) is 7.15. The van der Waals surface area contributed by atoms with Gasteiger partial charge in [-0.05, 0) is 62.9 Å². The molecule has 3 aromatic rings. The summed E-state index contributed by atoms with van der Waals surface area (Å²) < 4.78 is 60.2. The Kier molecular flexibility index (Phi) is 10.2. The lowest BCUT2D eigenvalue weighted by atomic mass is 10.0. The number of hydrogen-bond donors (Lipinski definition) is 2. The summed E-state index contributed by atoms with van der Waals surface area (Å²) in [5.74, 6) is -1.92. The van der Waals surface area contributed by atoms with Crippen LogP contribution in [-0.2, 0) is 6.18 Å². The van der Waals surface area contributed by atoms with Crippen LogP contribution in [-0.4, -0.2) is 79.1 Å². The predicted octanol–water partition coefficient (Wildman–Crippen LogP) is 4.39. The SMILES string of the molecule is CCOc1ncccc1-c1ccc(N2CCN(C(=O)c3ccc(F)cc3C(F)(F)F)C[C@H]2CC)c(C(=O)NCCNC)n1. The molecule has 3 heterocycles. The minimum atomic E-state index is -4.89. The van der Waals surface area contributed by atoms with Crippen LogP contribution < -0.4 is 20.3 Å². The van der Waals surface area contributed by atoms with Crippen LogP contribution in [0.2, 0.25) is 0 Å². The average molecular weight is 603 g/mol.